The molecule has 4 bridgehead atoms. The summed E-state index contributed by atoms with van der Waals surface area (Å²) in [7, 11) is 0. The first kappa shape index (κ1) is 6.44. The summed E-state index contributed by atoms with van der Waals surface area (Å²) in [4.78, 5) is 0. The fraction of sp³-hybridized carbons (Fsp3) is 1.00. The highest BCUT2D eigenvalue weighted by atomic mass is 15.4. The van der Waals surface area contributed by atoms with Crippen molar-refractivity contribution in [3.8, 4) is 0 Å². The lowest BCUT2D eigenvalue weighted by Crippen LogP contribution is -2.60. The second-order valence-electron chi connectivity index (χ2n) is 4.67. The van der Waals surface area contributed by atoms with Gasteiger partial charge in [0.1, 0.15) is 0 Å². The van der Waals surface area contributed by atoms with E-state index in [1.54, 1.807) is 0 Å². The SMILES string of the molecule is NN1C2CC3CC(C2)CC1C3. The summed E-state index contributed by atoms with van der Waals surface area (Å²) in [6.45, 7) is 0. The molecule has 2 N–H and O–H groups in total. The number of hydrazine groups is 1. The molecule has 62 valence electrons. The van der Waals surface area contributed by atoms with Crippen LogP contribution in [0.3, 0.4) is 0 Å². The first-order chi connectivity index (χ1) is 5.33. The Bertz CT molecular complexity index is 150. The molecule has 2 heterocycles. The zero-order valence-corrected chi connectivity index (χ0v) is 6.87. The van der Waals surface area contributed by atoms with E-state index in [4.69, 9.17) is 5.84 Å². The van der Waals surface area contributed by atoms with Gasteiger partial charge in [-0.2, -0.15) is 0 Å². The molecule has 0 aromatic carbocycles. The van der Waals surface area contributed by atoms with Crippen LogP contribution in [0.1, 0.15) is 32.1 Å². The zero-order valence-electron chi connectivity index (χ0n) is 6.87. The summed E-state index contributed by atoms with van der Waals surface area (Å²) in [6, 6.07) is 1.51. The van der Waals surface area contributed by atoms with Gasteiger partial charge in [0.05, 0.1) is 0 Å². The number of nitrogens with two attached hydrogens (primary N) is 1. The normalized spacial score (nSPS) is 55.4. The molecule has 2 nitrogen and oxygen atoms in total. The third-order valence-corrected chi connectivity index (χ3v) is 3.93. The Balaban J connectivity index is 1.91. The molecule has 4 fully saturated rings. The largest absolute Gasteiger partial charge is 0.268 e. The predicted octanol–water partition coefficient (Wildman–Crippen LogP) is 1.12. The molecular weight excluding hydrogens is 136 g/mol. The van der Waals surface area contributed by atoms with Crippen molar-refractivity contribution in [3.05, 3.63) is 0 Å². The minimum atomic E-state index is 0.756. The van der Waals surface area contributed by atoms with E-state index in [1.807, 2.05) is 0 Å². The first-order valence-corrected chi connectivity index (χ1v) is 4.86. The van der Waals surface area contributed by atoms with Crippen LogP contribution in [0.5, 0.6) is 0 Å². The third-order valence-electron chi connectivity index (χ3n) is 3.93. The van der Waals surface area contributed by atoms with Crippen LogP contribution < -0.4 is 5.84 Å². The van der Waals surface area contributed by atoms with Crippen molar-refractivity contribution in [1.82, 2.24) is 5.01 Å². The smallest absolute Gasteiger partial charge is 0.0249 e. The van der Waals surface area contributed by atoms with E-state index in [2.05, 4.69) is 5.01 Å². The van der Waals surface area contributed by atoms with Crippen molar-refractivity contribution >= 4 is 0 Å². The average molecular weight is 152 g/mol. The third kappa shape index (κ3) is 0.798. The Morgan fingerprint density at radius 3 is 1.73 bits per heavy atom. The minimum Gasteiger partial charge on any atom is -0.268 e. The molecule has 2 saturated carbocycles. The summed E-state index contributed by atoms with van der Waals surface area (Å²) in [5.41, 5.74) is 0. The summed E-state index contributed by atoms with van der Waals surface area (Å²) in [5.74, 6) is 8.08. The summed E-state index contributed by atoms with van der Waals surface area (Å²) < 4.78 is 0. The van der Waals surface area contributed by atoms with E-state index in [0.717, 1.165) is 23.9 Å². The topological polar surface area (TPSA) is 29.3 Å². The minimum absolute atomic E-state index is 0.756. The maximum Gasteiger partial charge on any atom is 0.0249 e. The van der Waals surface area contributed by atoms with Gasteiger partial charge in [-0.15, -0.1) is 0 Å². The van der Waals surface area contributed by atoms with E-state index in [9.17, 15) is 0 Å². The van der Waals surface area contributed by atoms with Crippen LogP contribution >= 0.6 is 0 Å². The number of rotatable bonds is 0. The Morgan fingerprint density at radius 2 is 1.27 bits per heavy atom. The van der Waals surface area contributed by atoms with Crippen LogP contribution in [-0.2, 0) is 0 Å². The van der Waals surface area contributed by atoms with Crippen LogP contribution in [0, 0.1) is 11.8 Å². The highest BCUT2D eigenvalue weighted by Crippen LogP contribution is 2.47. The molecule has 11 heavy (non-hydrogen) atoms. The molecule has 2 aliphatic heterocycles. The molecule has 0 aromatic heterocycles. The van der Waals surface area contributed by atoms with Crippen LogP contribution in [0.25, 0.3) is 0 Å². The van der Waals surface area contributed by atoms with Crippen LogP contribution in [-0.4, -0.2) is 17.1 Å². The van der Waals surface area contributed by atoms with Gasteiger partial charge in [0.25, 0.3) is 0 Å². The quantitative estimate of drug-likeness (QED) is 0.527. The number of piperidine rings is 2. The maximum absolute atomic E-state index is 6.00. The second kappa shape index (κ2) is 1.99. The van der Waals surface area contributed by atoms with Crippen molar-refractivity contribution in [2.24, 2.45) is 17.7 Å². The van der Waals surface area contributed by atoms with Gasteiger partial charge >= 0.3 is 0 Å². The number of hydrogen-bond donors (Lipinski definition) is 1. The molecule has 0 aromatic rings. The molecule has 2 heteroatoms. The summed E-state index contributed by atoms with van der Waals surface area (Å²) in [5, 5.41) is 2.16. The first-order valence-electron chi connectivity index (χ1n) is 4.86. The predicted molar refractivity (Wildman–Crippen MR) is 43.7 cm³/mol. The van der Waals surface area contributed by atoms with Gasteiger partial charge in [-0.3, -0.25) is 5.84 Å². The van der Waals surface area contributed by atoms with E-state index in [-0.39, 0.29) is 0 Å². The van der Waals surface area contributed by atoms with Gasteiger partial charge in [0, 0.05) is 12.1 Å². The maximum atomic E-state index is 6.00. The molecule has 4 aliphatic rings. The van der Waals surface area contributed by atoms with Crippen LogP contribution in [0.2, 0.25) is 0 Å². The second-order valence-corrected chi connectivity index (χ2v) is 4.67. The van der Waals surface area contributed by atoms with Crippen molar-refractivity contribution in [2.75, 3.05) is 0 Å². The monoisotopic (exact) mass is 152 g/mol. The fourth-order valence-electron chi connectivity index (χ4n) is 3.57. The highest BCUT2D eigenvalue weighted by Gasteiger charge is 2.45. The number of hydrogen-bond acceptors (Lipinski definition) is 2. The molecular formula is C9H16N2. The highest BCUT2D eigenvalue weighted by molar-refractivity contribution is 4.98. The number of nitrogens with zero attached hydrogens (tertiary/aromatic N) is 1. The van der Waals surface area contributed by atoms with Crippen molar-refractivity contribution < 1.29 is 0 Å². The molecule has 0 radical (unpaired) electrons. The van der Waals surface area contributed by atoms with E-state index >= 15 is 0 Å². The molecule has 0 spiro atoms. The van der Waals surface area contributed by atoms with Gasteiger partial charge in [-0.25, -0.2) is 5.01 Å². The lowest BCUT2D eigenvalue weighted by Gasteiger charge is -2.54. The van der Waals surface area contributed by atoms with Crippen LogP contribution in [0.4, 0.5) is 0 Å². The molecule has 0 unspecified atom stereocenters. The van der Waals surface area contributed by atoms with Crippen molar-refractivity contribution in [1.29, 1.82) is 0 Å². The van der Waals surface area contributed by atoms with Crippen LogP contribution in [0.15, 0.2) is 0 Å². The Hall–Kier alpha value is -0.0800. The Morgan fingerprint density at radius 1 is 0.818 bits per heavy atom. The van der Waals surface area contributed by atoms with Crippen molar-refractivity contribution in [3.63, 3.8) is 0 Å². The van der Waals surface area contributed by atoms with Gasteiger partial charge in [0.15, 0.2) is 0 Å². The standard InChI is InChI=1S/C9H16N2/c10-11-8-2-6-1-7(4-8)5-9(11)3-6/h6-9H,1-5,10H2. The van der Waals surface area contributed by atoms with E-state index < -0.39 is 0 Å². The fourth-order valence-corrected chi connectivity index (χ4v) is 3.57. The van der Waals surface area contributed by atoms with Crippen molar-refractivity contribution in [2.45, 2.75) is 44.2 Å². The lowest BCUT2D eigenvalue weighted by atomic mass is 9.64. The Labute approximate surface area is 67.7 Å². The summed E-state index contributed by atoms with van der Waals surface area (Å²) in [6.07, 6.45) is 7.08. The molecule has 2 saturated heterocycles. The van der Waals surface area contributed by atoms with E-state index in [1.165, 1.54) is 32.1 Å². The van der Waals surface area contributed by atoms with Gasteiger partial charge in [-0.05, 0) is 43.9 Å². The Kier molecular flexibility index (Phi) is 1.16. The van der Waals surface area contributed by atoms with Gasteiger partial charge in [-0.1, -0.05) is 0 Å². The van der Waals surface area contributed by atoms with Gasteiger partial charge in [0.2, 0.25) is 0 Å². The lowest BCUT2D eigenvalue weighted by molar-refractivity contribution is -0.0596. The van der Waals surface area contributed by atoms with E-state index in [0.29, 0.717) is 0 Å². The molecule has 2 aliphatic carbocycles. The molecule has 0 amide bonds. The molecule has 4 rings (SSSR count). The van der Waals surface area contributed by atoms with Gasteiger partial charge < -0.3 is 0 Å². The molecule has 0 atom stereocenters. The zero-order chi connectivity index (χ0) is 7.42. The summed E-state index contributed by atoms with van der Waals surface area (Å²) >= 11 is 0. The average Bonchev–Trinajstić information content (AvgIpc) is 1.98.